The van der Waals surface area contributed by atoms with Gasteiger partial charge in [-0.05, 0) is 29.3 Å². The molecule has 0 fully saturated rings. The van der Waals surface area contributed by atoms with E-state index in [-0.39, 0.29) is 22.5 Å². The second-order valence-electron chi connectivity index (χ2n) is 6.34. The van der Waals surface area contributed by atoms with E-state index in [9.17, 15) is 14.4 Å². The second-order valence-corrected chi connectivity index (χ2v) is 6.34. The molecule has 2 amide bonds. The Morgan fingerprint density at radius 1 is 0.714 bits per heavy atom. The number of nitrogens with zero attached hydrogens (tertiary/aromatic N) is 2. The normalized spacial score (nSPS) is 13.2. The first-order valence-corrected chi connectivity index (χ1v) is 8.62. The van der Waals surface area contributed by atoms with Crippen LogP contribution < -0.4 is 10.5 Å². The molecule has 1 aromatic heterocycles. The van der Waals surface area contributed by atoms with Gasteiger partial charge in [-0.3, -0.25) is 9.59 Å². The van der Waals surface area contributed by atoms with Gasteiger partial charge in [-0.2, -0.15) is 9.88 Å². The van der Waals surface area contributed by atoms with Crippen molar-refractivity contribution >= 4 is 28.7 Å². The van der Waals surface area contributed by atoms with Crippen molar-refractivity contribution in [3.8, 4) is 11.1 Å². The molecule has 2 heterocycles. The lowest BCUT2D eigenvalue weighted by molar-refractivity contribution is 0.0917. The second kappa shape index (κ2) is 5.99. The van der Waals surface area contributed by atoms with E-state index in [1.165, 1.54) is 0 Å². The summed E-state index contributed by atoms with van der Waals surface area (Å²) in [6.07, 6.45) is 0. The van der Waals surface area contributed by atoms with Crippen molar-refractivity contribution in [2.45, 2.75) is 0 Å². The molecule has 0 aliphatic carbocycles. The molecular weight excluding hydrogens is 356 g/mol. The van der Waals surface area contributed by atoms with Crippen LogP contribution in [0.4, 0.5) is 6.01 Å². The lowest BCUT2D eigenvalue weighted by Crippen LogP contribution is -2.31. The Bertz CT molecular complexity index is 1330. The van der Waals surface area contributed by atoms with Crippen LogP contribution in [0.15, 0.2) is 82.0 Å². The fourth-order valence-corrected chi connectivity index (χ4v) is 3.42. The van der Waals surface area contributed by atoms with Crippen LogP contribution in [0.25, 0.3) is 22.0 Å². The number of fused-ring (bicyclic) bond motifs is 2. The first-order valence-electron chi connectivity index (χ1n) is 8.62. The van der Waals surface area contributed by atoms with Crippen LogP contribution in [0.1, 0.15) is 20.7 Å². The van der Waals surface area contributed by atoms with Gasteiger partial charge < -0.3 is 4.42 Å². The van der Waals surface area contributed by atoms with Crippen LogP contribution in [-0.2, 0) is 0 Å². The van der Waals surface area contributed by atoms with Gasteiger partial charge in [0.1, 0.15) is 0 Å². The van der Waals surface area contributed by atoms with Gasteiger partial charge in [0.15, 0.2) is 0 Å². The average Bonchev–Trinajstić information content (AvgIpc) is 2.99. The lowest BCUT2D eigenvalue weighted by Gasteiger charge is -2.11. The minimum absolute atomic E-state index is 0.254. The van der Waals surface area contributed by atoms with Crippen LogP contribution in [-0.4, -0.2) is 16.8 Å². The van der Waals surface area contributed by atoms with Gasteiger partial charge in [0, 0.05) is 0 Å². The van der Waals surface area contributed by atoms with Crippen molar-refractivity contribution in [2.24, 2.45) is 0 Å². The van der Waals surface area contributed by atoms with Crippen molar-refractivity contribution < 1.29 is 14.0 Å². The van der Waals surface area contributed by atoms with Gasteiger partial charge in [0.25, 0.3) is 11.8 Å². The van der Waals surface area contributed by atoms with E-state index in [0.29, 0.717) is 11.1 Å². The van der Waals surface area contributed by atoms with Crippen molar-refractivity contribution in [3.63, 3.8) is 0 Å². The number of benzene rings is 3. The summed E-state index contributed by atoms with van der Waals surface area (Å²) in [7, 11) is 0. The van der Waals surface area contributed by atoms with E-state index in [0.717, 1.165) is 10.5 Å². The molecule has 3 aromatic carbocycles. The maximum atomic E-state index is 13.2. The van der Waals surface area contributed by atoms with E-state index in [4.69, 9.17) is 4.42 Å². The molecule has 0 spiro atoms. The fourth-order valence-electron chi connectivity index (χ4n) is 3.42. The number of imide groups is 1. The lowest BCUT2D eigenvalue weighted by atomic mass is 9.97. The summed E-state index contributed by atoms with van der Waals surface area (Å²) >= 11 is 0. The summed E-state index contributed by atoms with van der Waals surface area (Å²) < 4.78 is 5.21. The summed E-state index contributed by atoms with van der Waals surface area (Å²) in [5.74, 6) is -1.13. The molecule has 134 valence electrons. The minimum atomic E-state index is -0.652. The highest BCUT2D eigenvalue weighted by Crippen LogP contribution is 2.34. The zero-order valence-electron chi connectivity index (χ0n) is 14.5. The summed E-state index contributed by atoms with van der Waals surface area (Å²) in [6.45, 7) is 0. The molecule has 0 N–H and O–H groups in total. The number of aromatic nitrogens is 1. The summed E-state index contributed by atoms with van der Waals surface area (Å²) in [6, 6.07) is 20.7. The number of rotatable bonds is 2. The Balaban J connectivity index is 1.69. The van der Waals surface area contributed by atoms with Crippen molar-refractivity contribution in [2.75, 3.05) is 4.90 Å². The molecule has 0 bridgehead atoms. The standard InChI is InChI=1S/C22H12N2O4/c25-19-16-11-6-10-14(13-7-2-1-3-8-13)18(16)20(26)24(19)22-23-17-12-5-4-9-15(17)21(27)28-22/h1-12H. The molecule has 5 rings (SSSR count). The molecule has 0 saturated carbocycles. The largest absolute Gasteiger partial charge is 0.388 e. The van der Waals surface area contributed by atoms with Crippen LogP contribution >= 0.6 is 0 Å². The molecule has 6 heteroatoms. The van der Waals surface area contributed by atoms with Gasteiger partial charge in [-0.25, -0.2) is 4.79 Å². The first kappa shape index (κ1) is 16.1. The third-order valence-electron chi connectivity index (χ3n) is 4.72. The van der Waals surface area contributed by atoms with E-state index in [2.05, 4.69) is 4.98 Å². The van der Waals surface area contributed by atoms with Crippen LogP contribution in [0.2, 0.25) is 0 Å². The van der Waals surface area contributed by atoms with Crippen LogP contribution in [0, 0.1) is 0 Å². The summed E-state index contributed by atoms with van der Waals surface area (Å²) in [5.41, 5.74) is 1.69. The van der Waals surface area contributed by atoms with Crippen molar-refractivity contribution in [1.82, 2.24) is 4.98 Å². The van der Waals surface area contributed by atoms with E-state index < -0.39 is 17.4 Å². The molecule has 6 nitrogen and oxygen atoms in total. The van der Waals surface area contributed by atoms with Crippen LogP contribution in [0.5, 0.6) is 0 Å². The van der Waals surface area contributed by atoms with E-state index in [1.54, 1.807) is 42.5 Å². The SMILES string of the molecule is O=C1c2cccc(-c3ccccc3)c2C(=O)N1c1nc2ccccc2c(=O)o1. The number of hydrogen-bond acceptors (Lipinski definition) is 5. The van der Waals surface area contributed by atoms with Crippen LogP contribution in [0.3, 0.4) is 0 Å². The minimum Gasteiger partial charge on any atom is -0.388 e. The topological polar surface area (TPSA) is 80.5 Å². The number of carbonyl (C=O) groups excluding carboxylic acids is 2. The average molecular weight is 368 g/mol. The molecule has 0 unspecified atom stereocenters. The molecule has 0 radical (unpaired) electrons. The predicted octanol–water partition coefficient (Wildman–Crippen LogP) is 3.66. The molecule has 0 atom stereocenters. The third kappa shape index (κ3) is 2.28. The zero-order chi connectivity index (χ0) is 19.3. The Kier molecular flexibility index (Phi) is 3.45. The maximum absolute atomic E-state index is 13.2. The summed E-state index contributed by atoms with van der Waals surface area (Å²) in [5, 5.41) is 0.285. The number of para-hydroxylation sites is 1. The van der Waals surface area contributed by atoms with Crippen molar-refractivity contribution in [3.05, 3.63) is 94.3 Å². The monoisotopic (exact) mass is 368 g/mol. The fraction of sp³-hybridized carbons (Fsp3) is 0. The van der Waals surface area contributed by atoms with E-state index >= 15 is 0 Å². The molecule has 1 aliphatic heterocycles. The molecule has 4 aromatic rings. The molecule has 0 saturated heterocycles. The highest BCUT2D eigenvalue weighted by molar-refractivity contribution is 6.35. The Morgan fingerprint density at radius 2 is 1.43 bits per heavy atom. The third-order valence-corrected chi connectivity index (χ3v) is 4.72. The van der Waals surface area contributed by atoms with Crippen molar-refractivity contribution in [1.29, 1.82) is 0 Å². The molecular formula is C22H12N2O4. The van der Waals surface area contributed by atoms with Gasteiger partial charge >= 0.3 is 11.6 Å². The first-order chi connectivity index (χ1) is 13.6. The predicted molar refractivity (Wildman–Crippen MR) is 103 cm³/mol. The van der Waals surface area contributed by atoms with Gasteiger partial charge in [-0.15, -0.1) is 0 Å². The number of amides is 2. The smallest absolute Gasteiger partial charge is 0.348 e. The number of hydrogen-bond donors (Lipinski definition) is 0. The number of anilines is 1. The molecule has 1 aliphatic rings. The quantitative estimate of drug-likeness (QED) is 0.505. The Morgan fingerprint density at radius 3 is 2.25 bits per heavy atom. The summed E-state index contributed by atoms with van der Waals surface area (Å²) in [4.78, 5) is 43.4. The highest BCUT2D eigenvalue weighted by Gasteiger charge is 2.41. The van der Waals surface area contributed by atoms with Gasteiger partial charge in [-0.1, -0.05) is 54.6 Å². The maximum Gasteiger partial charge on any atom is 0.348 e. The molecule has 28 heavy (non-hydrogen) atoms. The zero-order valence-corrected chi connectivity index (χ0v) is 14.5. The Labute approximate surface area is 158 Å². The Hall–Kier alpha value is -4.06. The van der Waals surface area contributed by atoms with Gasteiger partial charge in [0.2, 0.25) is 0 Å². The highest BCUT2D eigenvalue weighted by atomic mass is 16.4. The van der Waals surface area contributed by atoms with E-state index in [1.807, 2.05) is 30.3 Å². The number of carbonyl (C=O) groups is 2. The van der Waals surface area contributed by atoms with Gasteiger partial charge in [0.05, 0.1) is 22.0 Å².